The van der Waals surface area contributed by atoms with Gasteiger partial charge in [-0.15, -0.1) is 0 Å². The average molecular weight is 225 g/mol. The molecule has 2 N–H and O–H groups in total. The van der Waals surface area contributed by atoms with Crippen LogP contribution in [0, 0.1) is 0 Å². The fourth-order valence-corrected chi connectivity index (χ4v) is 1.46. The van der Waals surface area contributed by atoms with E-state index in [0.29, 0.717) is 16.5 Å². The first kappa shape index (κ1) is 10.5. The summed E-state index contributed by atoms with van der Waals surface area (Å²) in [4.78, 5) is 4.35. The lowest BCUT2D eigenvalue weighted by Gasteiger charge is -2.17. The third-order valence-corrected chi connectivity index (χ3v) is 2.81. The highest BCUT2D eigenvalue weighted by Crippen LogP contribution is 2.26. The van der Waals surface area contributed by atoms with E-state index >= 15 is 0 Å². The lowest BCUT2D eigenvalue weighted by molar-refractivity contribution is 0.356. The lowest BCUT2D eigenvalue weighted by Crippen LogP contribution is -2.32. The number of hydrogen-bond acceptors (Lipinski definition) is 3. The number of halogens is 1. The molecule has 0 saturated heterocycles. The second kappa shape index (κ2) is 3.51. The molecule has 0 spiro atoms. The number of aromatic nitrogens is 1. The average Bonchev–Trinajstić information content (AvgIpc) is 2.61. The maximum Gasteiger partial charge on any atom is 0.215 e. The van der Waals surface area contributed by atoms with E-state index in [-0.39, 0.29) is 0 Å². The van der Waals surface area contributed by atoms with Gasteiger partial charge in [0, 0.05) is 11.1 Å². The third-order valence-electron chi connectivity index (χ3n) is 2.57. The van der Waals surface area contributed by atoms with Crippen LogP contribution in [0.1, 0.15) is 26.2 Å². The van der Waals surface area contributed by atoms with Crippen LogP contribution in [-0.2, 0) is 5.54 Å². The van der Waals surface area contributed by atoms with Crippen LogP contribution in [0.2, 0.25) is 5.02 Å². The molecule has 0 aliphatic rings. The van der Waals surface area contributed by atoms with Gasteiger partial charge in [-0.1, -0.05) is 18.5 Å². The summed E-state index contributed by atoms with van der Waals surface area (Å²) in [7, 11) is 0. The van der Waals surface area contributed by atoms with E-state index in [9.17, 15) is 0 Å². The highest BCUT2D eigenvalue weighted by atomic mass is 35.5. The van der Waals surface area contributed by atoms with Gasteiger partial charge in [0.15, 0.2) is 5.58 Å². The smallest absolute Gasteiger partial charge is 0.215 e. The molecule has 1 aromatic carbocycles. The van der Waals surface area contributed by atoms with Crippen molar-refractivity contribution in [2.45, 2.75) is 25.8 Å². The molecule has 0 aliphatic carbocycles. The highest BCUT2D eigenvalue weighted by Gasteiger charge is 2.25. The van der Waals surface area contributed by atoms with Gasteiger partial charge < -0.3 is 10.2 Å². The zero-order valence-corrected chi connectivity index (χ0v) is 9.51. The minimum absolute atomic E-state index is 0.522. The Balaban J connectivity index is 2.56. The van der Waals surface area contributed by atoms with Crippen LogP contribution in [0.4, 0.5) is 0 Å². The molecule has 1 unspecified atom stereocenters. The Kier molecular flexibility index (Phi) is 2.44. The molecule has 2 aromatic rings. The molecule has 0 bridgehead atoms. The minimum Gasteiger partial charge on any atom is -0.439 e. The van der Waals surface area contributed by atoms with Crippen molar-refractivity contribution in [2.75, 3.05) is 0 Å². The summed E-state index contributed by atoms with van der Waals surface area (Å²) >= 11 is 5.86. The summed E-state index contributed by atoms with van der Waals surface area (Å²) in [6, 6.07) is 5.37. The Labute approximate surface area is 93.2 Å². The molecule has 0 aliphatic heterocycles. The van der Waals surface area contributed by atoms with Gasteiger partial charge in [-0.3, -0.25) is 0 Å². The van der Waals surface area contributed by atoms with E-state index in [1.54, 1.807) is 12.1 Å². The molecule has 1 atom stereocenters. The number of hydrogen-bond donors (Lipinski definition) is 1. The van der Waals surface area contributed by atoms with Crippen molar-refractivity contribution in [3.8, 4) is 0 Å². The molecule has 15 heavy (non-hydrogen) atoms. The Hall–Kier alpha value is -1.06. The number of nitrogens with two attached hydrogens (primary N) is 1. The molecule has 4 heteroatoms. The fraction of sp³-hybridized carbons (Fsp3) is 0.364. The first-order valence-corrected chi connectivity index (χ1v) is 5.26. The van der Waals surface area contributed by atoms with Crippen molar-refractivity contribution in [1.29, 1.82) is 0 Å². The zero-order chi connectivity index (χ0) is 11.1. The fourth-order valence-electron chi connectivity index (χ4n) is 1.29. The molecule has 1 aromatic heterocycles. The van der Waals surface area contributed by atoms with E-state index < -0.39 is 5.54 Å². The summed E-state index contributed by atoms with van der Waals surface area (Å²) in [5, 5.41) is 0.639. The predicted octanol–water partition coefficient (Wildman–Crippen LogP) is 3.07. The number of benzene rings is 1. The summed E-state index contributed by atoms with van der Waals surface area (Å²) in [5.41, 5.74) is 7.00. The number of fused-ring (bicyclic) bond motifs is 1. The maximum atomic E-state index is 6.05. The van der Waals surface area contributed by atoms with Gasteiger partial charge in [0.05, 0.1) is 5.54 Å². The van der Waals surface area contributed by atoms with Crippen LogP contribution < -0.4 is 5.73 Å². The van der Waals surface area contributed by atoms with Crippen molar-refractivity contribution in [2.24, 2.45) is 5.73 Å². The van der Waals surface area contributed by atoms with Crippen LogP contribution in [0.5, 0.6) is 0 Å². The second-order valence-electron chi connectivity index (χ2n) is 3.90. The Morgan fingerprint density at radius 3 is 2.93 bits per heavy atom. The second-order valence-corrected chi connectivity index (χ2v) is 4.34. The van der Waals surface area contributed by atoms with Crippen molar-refractivity contribution < 1.29 is 4.42 Å². The Bertz CT molecular complexity index is 490. The van der Waals surface area contributed by atoms with Crippen LogP contribution in [-0.4, -0.2) is 4.98 Å². The van der Waals surface area contributed by atoms with Crippen molar-refractivity contribution in [1.82, 2.24) is 4.98 Å². The number of nitrogens with zero attached hydrogens (tertiary/aromatic N) is 1. The molecule has 1 heterocycles. The van der Waals surface area contributed by atoms with Crippen LogP contribution >= 0.6 is 11.6 Å². The SMILES string of the molecule is CCC(C)(N)c1nc2ccc(Cl)cc2o1. The van der Waals surface area contributed by atoms with Crippen LogP contribution in [0.15, 0.2) is 22.6 Å². The molecular weight excluding hydrogens is 212 g/mol. The van der Waals surface area contributed by atoms with E-state index in [2.05, 4.69) is 4.98 Å². The van der Waals surface area contributed by atoms with E-state index in [1.807, 2.05) is 19.9 Å². The molecular formula is C11H13ClN2O. The van der Waals surface area contributed by atoms with Crippen molar-refractivity contribution >= 4 is 22.7 Å². The highest BCUT2D eigenvalue weighted by molar-refractivity contribution is 6.31. The van der Waals surface area contributed by atoms with E-state index in [1.165, 1.54) is 0 Å². The molecule has 0 radical (unpaired) electrons. The predicted molar refractivity (Wildman–Crippen MR) is 60.8 cm³/mol. The van der Waals surface area contributed by atoms with E-state index in [4.69, 9.17) is 21.8 Å². The van der Waals surface area contributed by atoms with Crippen molar-refractivity contribution in [3.63, 3.8) is 0 Å². The van der Waals surface area contributed by atoms with Gasteiger partial charge in [-0.05, 0) is 25.5 Å². The monoisotopic (exact) mass is 224 g/mol. The molecule has 0 fully saturated rings. The molecule has 0 amide bonds. The summed E-state index contributed by atoms with van der Waals surface area (Å²) < 4.78 is 5.58. The Morgan fingerprint density at radius 1 is 1.53 bits per heavy atom. The van der Waals surface area contributed by atoms with Gasteiger partial charge in [0.1, 0.15) is 5.52 Å². The summed E-state index contributed by atoms with van der Waals surface area (Å²) in [6.45, 7) is 3.90. The van der Waals surface area contributed by atoms with Crippen LogP contribution in [0.3, 0.4) is 0 Å². The van der Waals surface area contributed by atoms with Gasteiger partial charge in [-0.2, -0.15) is 0 Å². The van der Waals surface area contributed by atoms with Gasteiger partial charge in [0.25, 0.3) is 0 Å². The lowest BCUT2D eigenvalue weighted by atomic mass is 10.0. The molecule has 80 valence electrons. The summed E-state index contributed by atoms with van der Waals surface area (Å²) in [6.07, 6.45) is 0.771. The topological polar surface area (TPSA) is 52.0 Å². The first-order valence-electron chi connectivity index (χ1n) is 4.88. The minimum atomic E-state index is -0.522. The van der Waals surface area contributed by atoms with Gasteiger partial charge in [0.2, 0.25) is 5.89 Å². The number of rotatable bonds is 2. The maximum absolute atomic E-state index is 6.05. The van der Waals surface area contributed by atoms with Crippen LogP contribution in [0.25, 0.3) is 11.1 Å². The van der Waals surface area contributed by atoms with Crippen molar-refractivity contribution in [3.05, 3.63) is 29.1 Å². The normalized spacial score (nSPS) is 15.5. The Morgan fingerprint density at radius 2 is 2.27 bits per heavy atom. The molecule has 2 rings (SSSR count). The third kappa shape index (κ3) is 1.85. The molecule has 0 saturated carbocycles. The number of oxazole rings is 1. The van der Waals surface area contributed by atoms with E-state index in [0.717, 1.165) is 11.9 Å². The largest absolute Gasteiger partial charge is 0.439 e. The zero-order valence-electron chi connectivity index (χ0n) is 8.75. The van der Waals surface area contributed by atoms with Gasteiger partial charge >= 0.3 is 0 Å². The first-order chi connectivity index (χ1) is 7.03. The quantitative estimate of drug-likeness (QED) is 0.853. The summed E-state index contributed by atoms with van der Waals surface area (Å²) in [5.74, 6) is 0.558. The van der Waals surface area contributed by atoms with Gasteiger partial charge in [-0.25, -0.2) is 4.98 Å². The standard InChI is InChI=1S/C11H13ClN2O/c1-3-11(2,13)10-14-8-5-4-7(12)6-9(8)15-10/h4-6H,3,13H2,1-2H3. The molecule has 3 nitrogen and oxygen atoms in total.